The molecule has 0 radical (unpaired) electrons. The standard InChI is InChI=1S/C29H41NO2Si2/c1-29(2,3)34(26-18-12-8-13-19-26,27-20-14-9-15-21-27)31-23-22-30-24-28(32-33(4,5)6)25-16-10-7-11-17-25/h7-21,28,30H,22-24H2,1-6H3. The Kier molecular flexibility index (Phi) is 9.07. The number of rotatable bonds is 11. The van der Waals surface area contributed by atoms with Gasteiger partial charge in [0.25, 0.3) is 8.32 Å². The summed E-state index contributed by atoms with van der Waals surface area (Å²) in [5, 5.41) is 6.25. The van der Waals surface area contributed by atoms with Gasteiger partial charge in [0.1, 0.15) is 0 Å². The Morgan fingerprint density at radius 2 is 1.21 bits per heavy atom. The van der Waals surface area contributed by atoms with Crippen LogP contribution in [0.5, 0.6) is 0 Å². The molecule has 0 aliphatic carbocycles. The number of nitrogens with one attached hydrogen (secondary N) is 1. The Hall–Kier alpha value is -2.03. The Balaban J connectivity index is 1.75. The smallest absolute Gasteiger partial charge is 0.261 e. The zero-order valence-corrected chi connectivity index (χ0v) is 23.7. The van der Waals surface area contributed by atoms with Crippen molar-refractivity contribution >= 4 is 27.0 Å². The van der Waals surface area contributed by atoms with Crippen LogP contribution in [-0.4, -0.2) is 36.3 Å². The number of hydrogen-bond donors (Lipinski definition) is 1. The molecule has 0 spiro atoms. The van der Waals surface area contributed by atoms with Gasteiger partial charge in [-0.05, 0) is 40.6 Å². The van der Waals surface area contributed by atoms with Crippen LogP contribution in [0.3, 0.4) is 0 Å². The molecule has 0 bridgehead atoms. The van der Waals surface area contributed by atoms with Gasteiger partial charge in [-0.25, -0.2) is 0 Å². The van der Waals surface area contributed by atoms with Crippen LogP contribution in [0.15, 0.2) is 91.0 Å². The highest BCUT2D eigenvalue weighted by Crippen LogP contribution is 2.36. The zero-order chi connectivity index (χ0) is 24.7. The van der Waals surface area contributed by atoms with Crippen molar-refractivity contribution in [3.63, 3.8) is 0 Å². The minimum atomic E-state index is -2.49. The van der Waals surface area contributed by atoms with Gasteiger partial charge < -0.3 is 14.2 Å². The molecular formula is C29H41NO2Si2. The molecule has 3 nitrogen and oxygen atoms in total. The maximum atomic E-state index is 7.00. The predicted octanol–water partition coefficient (Wildman–Crippen LogP) is 5.75. The summed E-state index contributed by atoms with van der Waals surface area (Å²) >= 11 is 0. The van der Waals surface area contributed by atoms with Crippen molar-refractivity contribution in [2.75, 3.05) is 19.7 Å². The summed E-state index contributed by atoms with van der Waals surface area (Å²) in [7, 11) is -4.17. The Morgan fingerprint density at radius 3 is 1.65 bits per heavy atom. The van der Waals surface area contributed by atoms with Crippen LogP contribution < -0.4 is 15.7 Å². The fraction of sp³-hybridized carbons (Fsp3) is 0.379. The summed E-state index contributed by atoms with van der Waals surface area (Å²) < 4.78 is 13.5. The monoisotopic (exact) mass is 491 g/mol. The molecule has 0 heterocycles. The van der Waals surface area contributed by atoms with E-state index in [0.717, 1.165) is 13.1 Å². The van der Waals surface area contributed by atoms with Crippen molar-refractivity contribution in [1.82, 2.24) is 5.32 Å². The lowest BCUT2D eigenvalue weighted by molar-refractivity contribution is 0.189. The summed E-state index contributed by atoms with van der Waals surface area (Å²) in [5.41, 5.74) is 1.23. The molecule has 3 rings (SSSR count). The van der Waals surface area contributed by atoms with Crippen LogP contribution in [-0.2, 0) is 8.85 Å². The summed E-state index contributed by atoms with van der Waals surface area (Å²) in [4.78, 5) is 0. The van der Waals surface area contributed by atoms with Crippen LogP contribution in [0.25, 0.3) is 0 Å². The van der Waals surface area contributed by atoms with E-state index in [1.165, 1.54) is 15.9 Å². The van der Waals surface area contributed by atoms with Crippen LogP contribution >= 0.6 is 0 Å². The molecule has 0 fully saturated rings. The van der Waals surface area contributed by atoms with E-state index in [1.807, 2.05) is 0 Å². The van der Waals surface area contributed by atoms with Crippen LogP contribution in [0, 0.1) is 0 Å². The van der Waals surface area contributed by atoms with E-state index >= 15 is 0 Å². The van der Waals surface area contributed by atoms with Crippen LogP contribution in [0.1, 0.15) is 32.4 Å². The van der Waals surface area contributed by atoms with Crippen molar-refractivity contribution in [2.45, 2.75) is 51.6 Å². The van der Waals surface area contributed by atoms with E-state index in [1.54, 1.807) is 0 Å². The topological polar surface area (TPSA) is 30.5 Å². The van der Waals surface area contributed by atoms with Crippen LogP contribution in [0.2, 0.25) is 24.7 Å². The van der Waals surface area contributed by atoms with Gasteiger partial charge in [-0.15, -0.1) is 0 Å². The molecule has 1 N–H and O–H groups in total. The third kappa shape index (κ3) is 6.77. The zero-order valence-electron chi connectivity index (χ0n) is 21.7. The lowest BCUT2D eigenvalue weighted by Crippen LogP contribution is -2.67. The highest BCUT2D eigenvalue weighted by molar-refractivity contribution is 6.99. The average molecular weight is 492 g/mol. The van der Waals surface area contributed by atoms with Crippen molar-refractivity contribution in [3.05, 3.63) is 96.6 Å². The lowest BCUT2D eigenvalue weighted by atomic mass is 10.1. The van der Waals surface area contributed by atoms with Gasteiger partial charge in [0, 0.05) is 19.7 Å². The molecule has 5 heteroatoms. The first kappa shape index (κ1) is 26.6. The van der Waals surface area contributed by atoms with Gasteiger partial charge in [0.05, 0.1) is 6.10 Å². The van der Waals surface area contributed by atoms with Gasteiger partial charge >= 0.3 is 0 Å². The van der Waals surface area contributed by atoms with Crippen LogP contribution in [0.4, 0.5) is 0 Å². The fourth-order valence-corrected chi connectivity index (χ4v) is 10.2. The summed E-state index contributed by atoms with van der Waals surface area (Å²) in [6, 6.07) is 32.2. The van der Waals surface area contributed by atoms with Gasteiger partial charge in [0.2, 0.25) is 0 Å². The molecule has 1 atom stereocenters. The normalized spacial score (nSPS) is 13.6. The molecular weight excluding hydrogens is 450 g/mol. The first-order valence-electron chi connectivity index (χ1n) is 12.3. The SMILES string of the molecule is CC(C)(C)[Si](OCCNCC(O[Si](C)(C)C)c1ccccc1)(c1ccccc1)c1ccccc1. The van der Waals surface area contributed by atoms with Gasteiger partial charge in [-0.1, -0.05) is 112 Å². The largest absolute Gasteiger partial charge is 0.409 e. The first-order chi connectivity index (χ1) is 16.1. The molecule has 182 valence electrons. The minimum absolute atomic E-state index is 0.0107. The second-order valence-electron chi connectivity index (χ2n) is 10.8. The summed E-state index contributed by atoms with van der Waals surface area (Å²) in [6.45, 7) is 15.9. The van der Waals surface area contributed by atoms with E-state index < -0.39 is 16.6 Å². The maximum Gasteiger partial charge on any atom is 0.261 e. The van der Waals surface area contributed by atoms with Gasteiger partial charge in [0.15, 0.2) is 8.32 Å². The van der Waals surface area contributed by atoms with E-state index in [-0.39, 0.29) is 11.1 Å². The second-order valence-corrected chi connectivity index (χ2v) is 19.6. The molecule has 0 amide bonds. The quantitative estimate of drug-likeness (QED) is 0.274. The van der Waals surface area contributed by atoms with Crippen molar-refractivity contribution < 1.29 is 8.85 Å². The van der Waals surface area contributed by atoms with E-state index in [0.29, 0.717) is 6.61 Å². The third-order valence-corrected chi connectivity index (χ3v) is 12.0. The molecule has 3 aromatic rings. The van der Waals surface area contributed by atoms with E-state index in [9.17, 15) is 0 Å². The lowest BCUT2D eigenvalue weighted by Gasteiger charge is -2.43. The molecule has 34 heavy (non-hydrogen) atoms. The number of hydrogen-bond acceptors (Lipinski definition) is 3. The maximum absolute atomic E-state index is 7.00. The second kappa shape index (κ2) is 11.6. The van der Waals surface area contributed by atoms with Crippen molar-refractivity contribution in [3.8, 4) is 0 Å². The summed E-state index contributed by atoms with van der Waals surface area (Å²) in [6.07, 6.45) is 0.0562. The molecule has 1 unspecified atom stereocenters. The Morgan fingerprint density at radius 1 is 0.735 bits per heavy atom. The summed E-state index contributed by atoms with van der Waals surface area (Å²) in [5.74, 6) is 0. The molecule has 0 saturated heterocycles. The van der Waals surface area contributed by atoms with E-state index in [4.69, 9.17) is 8.85 Å². The Bertz CT molecular complexity index is 944. The van der Waals surface area contributed by atoms with Gasteiger partial charge in [-0.2, -0.15) is 0 Å². The molecule has 0 aliphatic rings. The van der Waals surface area contributed by atoms with Crippen molar-refractivity contribution in [1.29, 1.82) is 0 Å². The third-order valence-electron chi connectivity index (χ3n) is 6.01. The average Bonchev–Trinajstić information content (AvgIpc) is 2.81. The predicted molar refractivity (Wildman–Crippen MR) is 150 cm³/mol. The molecule has 0 aliphatic heterocycles. The van der Waals surface area contributed by atoms with Gasteiger partial charge in [-0.3, -0.25) is 0 Å². The highest BCUT2D eigenvalue weighted by atomic mass is 28.4. The first-order valence-corrected chi connectivity index (χ1v) is 17.6. The van der Waals surface area contributed by atoms with E-state index in [2.05, 4.69) is 137 Å². The minimum Gasteiger partial charge on any atom is -0.409 e. The highest BCUT2D eigenvalue weighted by Gasteiger charge is 2.49. The fourth-order valence-electron chi connectivity index (χ4n) is 4.59. The Labute approximate surface area is 208 Å². The number of benzene rings is 3. The van der Waals surface area contributed by atoms with Crippen molar-refractivity contribution in [2.24, 2.45) is 0 Å². The molecule has 0 saturated carbocycles. The molecule has 3 aromatic carbocycles. The molecule has 0 aromatic heterocycles.